The van der Waals surface area contributed by atoms with Gasteiger partial charge in [-0.15, -0.1) is 6.58 Å². The molecular weight excluding hydrogens is 379 g/mol. The normalized spacial score (nSPS) is 15.5. The largest absolute Gasteiger partial charge is 0.489 e. The molecule has 0 bridgehead atoms. The third-order valence-corrected chi connectivity index (χ3v) is 4.31. The van der Waals surface area contributed by atoms with Crippen LogP contribution in [-0.4, -0.2) is 28.4 Å². The van der Waals surface area contributed by atoms with Gasteiger partial charge in [-0.2, -0.15) is 0 Å². The molecule has 1 heterocycles. The van der Waals surface area contributed by atoms with Crippen molar-refractivity contribution in [3.63, 3.8) is 0 Å². The SMILES string of the molecule is C=CCN1C(=O)C(=Cc2cccc(OCc3ccc(F)cc3)c2)C(=O)NC1=S. The number of rotatable bonds is 6. The Labute approximate surface area is 167 Å². The minimum Gasteiger partial charge on any atom is -0.489 e. The molecule has 5 nitrogen and oxygen atoms in total. The number of nitrogens with one attached hydrogen (secondary N) is 1. The fourth-order valence-corrected chi connectivity index (χ4v) is 2.85. The number of hydrogen-bond acceptors (Lipinski definition) is 4. The van der Waals surface area contributed by atoms with Crippen molar-refractivity contribution >= 4 is 35.2 Å². The topological polar surface area (TPSA) is 58.6 Å². The van der Waals surface area contributed by atoms with Crippen LogP contribution in [0.2, 0.25) is 0 Å². The van der Waals surface area contributed by atoms with Gasteiger partial charge in [-0.1, -0.05) is 30.3 Å². The van der Waals surface area contributed by atoms with Crippen LogP contribution >= 0.6 is 12.2 Å². The third kappa shape index (κ3) is 4.50. The quantitative estimate of drug-likeness (QED) is 0.353. The number of ether oxygens (including phenoxy) is 1. The number of amides is 2. The minimum absolute atomic E-state index is 0.0221. The summed E-state index contributed by atoms with van der Waals surface area (Å²) in [6.45, 7) is 4.06. The van der Waals surface area contributed by atoms with E-state index in [2.05, 4.69) is 11.9 Å². The van der Waals surface area contributed by atoms with E-state index in [1.165, 1.54) is 29.2 Å². The van der Waals surface area contributed by atoms with Gasteiger partial charge >= 0.3 is 0 Å². The van der Waals surface area contributed by atoms with Gasteiger partial charge in [0.15, 0.2) is 5.11 Å². The van der Waals surface area contributed by atoms with Crippen LogP contribution < -0.4 is 10.1 Å². The fraction of sp³-hybridized carbons (Fsp3) is 0.0952. The van der Waals surface area contributed by atoms with Crippen molar-refractivity contribution in [2.75, 3.05) is 6.54 Å². The van der Waals surface area contributed by atoms with Crippen LogP contribution in [0.5, 0.6) is 5.75 Å². The second-order valence-electron chi connectivity index (χ2n) is 6.01. The van der Waals surface area contributed by atoms with Gasteiger partial charge in [-0.25, -0.2) is 4.39 Å². The molecule has 1 fully saturated rings. The van der Waals surface area contributed by atoms with Crippen molar-refractivity contribution in [2.24, 2.45) is 0 Å². The van der Waals surface area contributed by atoms with E-state index in [0.29, 0.717) is 11.3 Å². The van der Waals surface area contributed by atoms with Gasteiger partial charge in [-0.05, 0) is 53.7 Å². The van der Waals surface area contributed by atoms with Gasteiger partial charge in [-0.3, -0.25) is 19.8 Å². The predicted molar refractivity (Wildman–Crippen MR) is 108 cm³/mol. The molecule has 0 unspecified atom stereocenters. The van der Waals surface area contributed by atoms with Crippen LogP contribution in [0.25, 0.3) is 6.08 Å². The molecule has 142 valence electrons. The van der Waals surface area contributed by atoms with Gasteiger partial charge < -0.3 is 4.74 Å². The molecule has 1 N–H and O–H groups in total. The molecule has 0 aliphatic carbocycles. The van der Waals surface area contributed by atoms with Crippen molar-refractivity contribution < 1.29 is 18.7 Å². The first kappa shape index (κ1) is 19.4. The molecule has 2 amide bonds. The Morgan fingerprint density at radius 1 is 1.18 bits per heavy atom. The van der Waals surface area contributed by atoms with E-state index in [9.17, 15) is 14.0 Å². The number of thiocarbonyl (C=S) groups is 1. The second kappa shape index (κ2) is 8.58. The van der Waals surface area contributed by atoms with Crippen LogP contribution in [0.3, 0.4) is 0 Å². The molecular formula is C21H17FN2O3S. The molecule has 0 atom stereocenters. The maximum Gasteiger partial charge on any atom is 0.265 e. The van der Waals surface area contributed by atoms with Gasteiger partial charge in [0.1, 0.15) is 23.7 Å². The summed E-state index contributed by atoms with van der Waals surface area (Å²) in [6.07, 6.45) is 3.02. The van der Waals surface area contributed by atoms with E-state index in [1.807, 2.05) is 0 Å². The van der Waals surface area contributed by atoms with E-state index in [1.54, 1.807) is 36.4 Å². The molecule has 1 aliphatic rings. The van der Waals surface area contributed by atoms with Gasteiger partial charge in [0, 0.05) is 6.54 Å². The molecule has 0 spiro atoms. The van der Waals surface area contributed by atoms with Crippen molar-refractivity contribution in [2.45, 2.75) is 6.61 Å². The first-order chi connectivity index (χ1) is 13.5. The summed E-state index contributed by atoms with van der Waals surface area (Å²) in [4.78, 5) is 26.0. The zero-order valence-corrected chi connectivity index (χ0v) is 15.7. The molecule has 0 radical (unpaired) electrons. The number of benzene rings is 2. The molecule has 1 aliphatic heterocycles. The Bertz CT molecular complexity index is 970. The van der Waals surface area contributed by atoms with Crippen molar-refractivity contribution in [3.8, 4) is 5.75 Å². The second-order valence-corrected chi connectivity index (χ2v) is 6.40. The van der Waals surface area contributed by atoms with Crippen LogP contribution in [0, 0.1) is 5.82 Å². The first-order valence-electron chi connectivity index (χ1n) is 8.45. The lowest BCUT2D eigenvalue weighted by Gasteiger charge is -2.27. The Morgan fingerprint density at radius 3 is 2.64 bits per heavy atom. The molecule has 3 rings (SSSR count). The maximum atomic E-state index is 13.0. The highest BCUT2D eigenvalue weighted by Gasteiger charge is 2.32. The van der Waals surface area contributed by atoms with E-state index >= 15 is 0 Å². The lowest BCUT2D eigenvalue weighted by atomic mass is 10.1. The van der Waals surface area contributed by atoms with Crippen LogP contribution in [0.1, 0.15) is 11.1 Å². The van der Waals surface area contributed by atoms with Gasteiger partial charge in [0.2, 0.25) is 0 Å². The fourth-order valence-electron chi connectivity index (χ4n) is 2.60. The lowest BCUT2D eigenvalue weighted by molar-refractivity contribution is -0.128. The highest BCUT2D eigenvalue weighted by Crippen LogP contribution is 2.20. The Balaban J connectivity index is 1.78. The zero-order chi connectivity index (χ0) is 20.1. The standard InChI is InChI=1S/C21H17FN2O3S/c1-2-10-24-20(26)18(19(25)23-21(24)28)12-15-4-3-5-17(11-15)27-13-14-6-8-16(22)9-7-14/h2-9,11-12H,1,10,13H2,(H,23,25,28). The summed E-state index contributed by atoms with van der Waals surface area (Å²) in [5.41, 5.74) is 1.42. The van der Waals surface area contributed by atoms with E-state index in [-0.39, 0.29) is 29.7 Å². The summed E-state index contributed by atoms with van der Waals surface area (Å²) in [5, 5.41) is 2.56. The summed E-state index contributed by atoms with van der Waals surface area (Å²) < 4.78 is 18.7. The summed E-state index contributed by atoms with van der Waals surface area (Å²) in [5.74, 6) is -0.780. The van der Waals surface area contributed by atoms with E-state index < -0.39 is 11.8 Å². The van der Waals surface area contributed by atoms with Crippen molar-refractivity contribution in [1.82, 2.24) is 10.2 Å². The van der Waals surface area contributed by atoms with Crippen molar-refractivity contribution in [3.05, 3.63) is 83.7 Å². The van der Waals surface area contributed by atoms with E-state index in [0.717, 1.165) is 5.56 Å². The summed E-state index contributed by atoms with van der Waals surface area (Å²) in [6, 6.07) is 13.0. The molecule has 2 aromatic rings. The number of nitrogens with zero attached hydrogens (tertiary/aromatic N) is 1. The molecule has 0 saturated carbocycles. The Kier molecular flexibility index (Phi) is 5.96. The molecule has 7 heteroatoms. The number of carbonyl (C=O) groups excluding carboxylic acids is 2. The minimum atomic E-state index is -0.548. The van der Waals surface area contributed by atoms with Gasteiger partial charge in [0.25, 0.3) is 11.8 Å². The van der Waals surface area contributed by atoms with Crippen LogP contribution in [0.15, 0.2) is 66.8 Å². The predicted octanol–water partition coefficient (Wildman–Crippen LogP) is 3.22. The highest BCUT2D eigenvalue weighted by molar-refractivity contribution is 7.80. The monoisotopic (exact) mass is 396 g/mol. The van der Waals surface area contributed by atoms with Crippen LogP contribution in [0.4, 0.5) is 4.39 Å². The summed E-state index contributed by atoms with van der Waals surface area (Å²) >= 11 is 5.03. The third-order valence-electron chi connectivity index (χ3n) is 3.99. The number of carbonyl (C=O) groups is 2. The first-order valence-corrected chi connectivity index (χ1v) is 8.86. The molecule has 28 heavy (non-hydrogen) atoms. The maximum absolute atomic E-state index is 13.0. The van der Waals surface area contributed by atoms with Crippen LogP contribution in [-0.2, 0) is 16.2 Å². The smallest absolute Gasteiger partial charge is 0.265 e. The number of halogens is 1. The summed E-state index contributed by atoms with van der Waals surface area (Å²) in [7, 11) is 0. The van der Waals surface area contributed by atoms with Crippen molar-refractivity contribution in [1.29, 1.82) is 0 Å². The van der Waals surface area contributed by atoms with Gasteiger partial charge in [0.05, 0.1) is 0 Å². The average molecular weight is 396 g/mol. The molecule has 1 saturated heterocycles. The molecule has 2 aromatic carbocycles. The Hall–Kier alpha value is -3.32. The average Bonchev–Trinajstić information content (AvgIpc) is 2.68. The van der Waals surface area contributed by atoms with E-state index in [4.69, 9.17) is 17.0 Å². The lowest BCUT2D eigenvalue weighted by Crippen LogP contribution is -2.53. The zero-order valence-electron chi connectivity index (χ0n) is 14.9. The molecule has 0 aromatic heterocycles. The number of hydrogen-bond donors (Lipinski definition) is 1. The Morgan fingerprint density at radius 2 is 1.93 bits per heavy atom. The highest BCUT2D eigenvalue weighted by atomic mass is 32.1.